The van der Waals surface area contributed by atoms with Crippen LogP contribution in [0, 0.1) is 11.3 Å². The molecule has 108 valence electrons. The summed E-state index contributed by atoms with van der Waals surface area (Å²) in [6.07, 6.45) is 4.45. The van der Waals surface area contributed by atoms with Crippen LogP contribution in [0.2, 0.25) is 0 Å². The van der Waals surface area contributed by atoms with Crippen molar-refractivity contribution in [3.63, 3.8) is 0 Å². The largest absolute Gasteiger partial charge is 0.396 e. The Hall–Kier alpha value is -1.49. The monoisotopic (exact) mass is 295 g/mol. The molecule has 0 amide bonds. The molecule has 2 rings (SSSR count). The van der Waals surface area contributed by atoms with Crippen molar-refractivity contribution in [3.05, 3.63) is 24.0 Å². The summed E-state index contributed by atoms with van der Waals surface area (Å²) >= 11 is 0. The summed E-state index contributed by atoms with van der Waals surface area (Å²) in [5.41, 5.74) is -0.0826. The Kier molecular flexibility index (Phi) is 4.70. The van der Waals surface area contributed by atoms with E-state index in [1.54, 1.807) is 0 Å². The molecule has 1 saturated carbocycles. The van der Waals surface area contributed by atoms with Gasteiger partial charge in [-0.15, -0.1) is 0 Å². The Bertz CT molecular complexity index is 606. The van der Waals surface area contributed by atoms with E-state index in [-0.39, 0.29) is 29.8 Å². The number of nitrogens with zero attached hydrogens (tertiary/aromatic N) is 3. The predicted molar refractivity (Wildman–Crippen MR) is 72.2 cm³/mol. The van der Waals surface area contributed by atoms with Crippen molar-refractivity contribution >= 4 is 10.0 Å². The second kappa shape index (κ2) is 6.31. The van der Waals surface area contributed by atoms with E-state index in [4.69, 9.17) is 10.4 Å². The summed E-state index contributed by atoms with van der Waals surface area (Å²) < 4.78 is 26.8. The molecule has 1 aromatic heterocycles. The van der Waals surface area contributed by atoms with Crippen LogP contribution < -0.4 is 0 Å². The average molecular weight is 295 g/mol. The van der Waals surface area contributed by atoms with E-state index in [0.29, 0.717) is 6.42 Å². The minimum atomic E-state index is -3.74. The van der Waals surface area contributed by atoms with Crippen molar-refractivity contribution in [2.75, 3.05) is 13.2 Å². The van der Waals surface area contributed by atoms with Gasteiger partial charge in [0.05, 0.1) is 0 Å². The van der Waals surface area contributed by atoms with Gasteiger partial charge in [-0.25, -0.2) is 13.4 Å². The molecule has 0 aromatic carbocycles. The maximum atomic E-state index is 12.7. The van der Waals surface area contributed by atoms with E-state index in [0.717, 1.165) is 19.3 Å². The molecule has 0 unspecified atom stereocenters. The lowest BCUT2D eigenvalue weighted by molar-refractivity contribution is 0.198. The number of pyridine rings is 1. The number of sulfonamides is 1. The van der Waals surface area contributed by atoms with E-state index >= 15 is 0 Å². The number of aliphatic hydroxyl groups excluding tert-OH is 1. The van der Waals surface area contributed by atoms with Crippen LogP contribution in [-0.2, 0) is 10.0 Å². The van der Waals surface area contributed by atoms with Gasteiger partial charge in [0, 0.05) is 25.4 Å². The van der Waals surface area contributed by atoms with Gasteiger partial charge in [0.2, 0.25) is 10.0 Å². The molecule has 7 heteroatoms. The zero-order valence-electron chi connectivity index (χ0n) is 11.1. The van der Waals surface area contributed by atoms with Gasteiger partial charge in [-0.2, -0.15) is 9.57 Å². The molecule has 20 heavy (non-hydrogen) atoms. The van der Waals surface area contributed by atoms with Gasteiger partial charge in [0.25, 0.3) is 0 Å². The zero-order chi connectivity index (χ0) is 14.6. The predicted octanol–water partition coefficient (Wildman–Crippen LogP) is 0.879. The molecule has 0 saturated heterocycles. The second-order valence-electron chi connectivity index (χ2n) is 4.74. The normalized spacial score (nSPS) is 15.8. The van der Waals surface area contributed by atoms with Crippen LogP contribution in [0.3, 0.4) is 0 Å². The van der Waals surface area contributed by atoms with E-state index in [9.17, 15) is 8.42 Å². The smallest absolute Gasteiger partial charge is 0.246 e. The highest BCUT2D eigenvalue weighted by molar-refractivity contribution is 7.89. The summed E-state index contributed by atoms with van der Waals surface area (Å²) in [4.78, 5) is 3.76. The van der Waals surface area contributed by atoms with Gasteiger partial charge in [-0.1, -0.05) is 6.42 Å². The van der Waals surface area contributed by atoms with Gasteiger partial charge in [-0.05, 0) is 31.4 Å². The maximum absolute atomic E-state index is 12.7. The fourth-order valence-electron chi connectivity index (χ4n) is 2.21. The van der Waals surface area contributed by atoms with Crippen LogP contribution in [0.25, 0.3) is 0 Å². The third-order valence-corrected chi connectivity index (χ3v) is 5.47. The Morgan fingerprint density at radius 2 is 2.25 bits per heavy atom. The molecule has 1 aliphatic carbocycles. The second-order valence-corrected chi connectivity index (χ2v) is 6.60. The lowest BCUT2D eigenvalue weighted by Gasteiger charge is -2.36. The van der Waals surface area contributed by atoms with E-state index in [2.05, 4.69) is 4.98 Å². The van der Waals surface area contributed by atoms with Crippen molar-refractivity contribution in [3.8, 4) is 6.07 Å². The number of aromatic nitrogens is 1. The van der Waals surface area contributed by atoms with Crippen LogP contribution in [0.5, 0.6) is 0 Å². The third-order valence-electron chi connectivity index (χ3n) is 3.48. The van der Waals surface area contributed by atoms with E-state index in [1.165, 1.54) is 22.6 Å². The molecule has 0 radical (unpaired) electrons. The first-order valence-corrected chi connectivity index (χ1v) is 8.03. The van der Waals surface area contributed by atoms with Gasteiger partial charge >= 0.3 is 0 Å². The summed E-state index contributed by atoms with van der Waals surface area (Å²) in [6.45, 7) is 0.208. The number of nitriles is 1. The first kappa shape index (κ1) is 14.9. The first-order valence-electron chi connectivity index (χ1n) is 6.59. The van der Waals surface area contributed by atoms with Gasteiger partial charge < -0.3 is 5.11 Å². The van der Waals surface area contributed by atoms with Crippen molar-refractivity contribution in [2.24, 2.45) is 0 Å². The van der Waals surface area contributed by atoms with Crippen molar-refractivity contribution in [2.45, 2.75) is 36.6 Å². The maximum Gasteiger partial charge on any atom is 0.246 e. The zero-order valence-corrected chi connectivity index (χ0v) is 11.9. The Balaban J connectivity index is 2.37. The highest BCUT2D eigenvalue weighted by Crippen LogP contribution is 2.30. The summed E-state index contributed by atoms with van der Waals surface area (Å²) in [6, 6.07) is 4.71. The standard InChI is InChI=1S/C13H17N3O3S/c14-10-12-13(6-2-7-15-12)20(18,19)16(8-3-9-17)11-4-1-5-11/h2,6-7,11,17H,1,3-5,8-9H2. The molecule has 0 spiro atoms. The molecule has 1 heterocycles. The number of rotatable bonds is 6. The minimum Gasteiger partial charge on any atom is -0.396 e. The van der Waals surface area contributed by atoms with Gasteiger partial charge in [0.1, 0.15) is 11.0 Å². The van der Waals surface area contributed by atoms with Crippen LogP contribution in [0.1, 0.15) is 31.4 Å². The highest BCUT2D eigenvalue weighted by Gasteiger charge is 2.35. The molecule has 0 atom stereocenters. The van der Waals surface area contributed by atoms with Gasteiger partial charge in [-0.3, -0.25) is 0 Å². The van der Waals surface area contributed by atoms with Crippen LogP contribution in [0.15, 0.2) is 23.2 Å². The molecule has 0 aliphatic heterocycles. The van der Waals surface area contributed by atoms with Gasteiger partial charge in [0.15, 0.2) is 5.69 Å². The summed E-state index contributed by atoms with van der Waals surface area (Å²) in [5.74, 6) is 0. The Morgan fingerprint density at radius 1 is 1.50 bits per heavy atom. The molecule has 6 nitrogen and oxygen atoms in total. The lowest BCUT2D eigenvalue weighted by Crippen LogP contribution is -2.45. The average Bonchev–Trinajstić information content (AvgIpc) is 2.41. The quantitative estimate of drug-likeness (QED) is 0.840. The molecular weight excluding hydrogens is 278 g/mol. The molecular formula is C13H17N3O3S. The summed E-state index contributed by atoms with van der Waals surface area (Å²) in [7, 11) is -3.74. The Labute approximate surface area is 118 Å². The summed E-state index contributed by atoms with van der Waals surface area (Å²) in [5, 5.41) is 18.0. The van der Waals surface area contributed by atoms with Crippen LogP contribution in [0.4, 0.5) is 0 Å². The number of aliphatic hydroxyl groups is 1. The molecule has 0 bridgehead atoms. The fourth-order valence-corrected chi connectivity index (χ4v) is 4.03. The lowest BCUT2D eigenvalue weighted by atomic mass is 9.93. The van der Waals surface area contributed by atoms with Crippen LogP contribution >= 0.6 is 0 Å². The first-order chi connectivity index (χ1) is 9.61. The van der Waals surface area contributed by atoms with E-state index < -0.39 is 10.0 Å². The molecule has 1 N–H and O–H groups in total. The molecule has 1 aliphatic rings. The topological polar surface area (TPSA) is 94.3 Å². The highest BCUT2D eigenvalue weighted by atomic mass is 32.2. The van der Waals surface area contributed by atoms with Crippen molar-refractivity contribution in [1.29, 1.82) is 5.26 Å². The fraction of sp³-hybridized carbons (Fsp3) is 0.538. The molecule has 1 aromatic rings. The minimum absolute atomic E-state index is 0.0294. The SMILES string of the molecule is N#Cc1ncccc1S(=O)(=O)N(CCCO)C1CCC1. The van der Waals surface area contributed by atoms with Crippen LogP contribution in [-0.4, -0.2) is 42.0 Å². The third kappa shape index (κ3) is 2.82. The number of hydrogen-bond acceptors (Lipinski definition) is 5. The van der Waals surface area contributed by atoms with Crippen molar-refractivity contribution in [1.82, 2.24) is 9.29 Å². The van der Waals surface area contributed by atoms with Crippen molar-refractivity contribution < 1.29 is 13.5 Å². The number of hydrogen-bond donors (Lipinski definition) is 1. The Morgan fingerprint density at radius 3 is 2.80 bits per heavy atom. The molecule has 1 fully saturated rings. The van der Waals surface area contributed by atoms with E-state index in [1.807, 2.05) is 6.07 Å².